The molecule has 0 aliphatic rings. The SMILES string of the molecule is CC=CC#CC=CC=CCCCC(O)CC(=O)O. The van der Waals surface area contributed by atoms with Crippen molar-refractivity contribution in [2.24, 2.45) is 0 Å². The summed E-state index contributed by atoms with van der Waals surface area (Å²) >= 11 is 0. The van der Waals surface area contributed by atoms with Gasteiger partial charge in [0.05, 0.1) is 12.5 Å². The zero-order valence-electron chi connectivity index (χ0n) is 10.7. The van der Waals surface area contributed by atoms with Gasteiger partial charge in [0.25, 0.3) is 0 Å². The van der Waals surface area contributed by atoms with Crippen molar-refractivity contribution < 1.29 is 15.0 Å². The Hall–Kier alpha value is -1.79. The predicted octanol–water partition coefficient (Wildman–Crippen LogP) is 2.68. The Labute approximate surface area is 109 Å². The number of carboxylic acids is 1. The average molecular weight is 248 g/mol. The minimum atomic E-state index is -0.958. The summed E-state index contributed by atoms with van der Waals surface area (Å²) in [5, 5.41) is 17.7. The van der Waals surface area contributed by atoms with Crippen LogP contribution in [0.4, 0.5) is 0 Å². The van der Waals surface area contributed by atoms with Crippen molar-refractivity contribution in [3.05, 3.63) is 36.5 Å². The van der Waals surface area contributed by atoms with Crippen molar-refractivity contribution in [3.63, 3.8) is 0 Å². The van der Waals surface area contributed by atoms with Crippen LogP contribution >= 0.6 is 0 Å². The molecule has 0 saturated heterocycles. The Morgan fingerprint density at radius 1 is 1.28 bits per heavy atom. The first-order valence-electron chi connectivity index (χ1n) is 6.00. The third kappa shape index (κ3) is 12.3. The van der Waals surface area contributed by atoms with Crippen LogP contribution in [0.5, 0.6) is 0 Å². The fourth-order valence-electron chi connectivity index (χ4n) is 1.23. The highest BCUT2D eigenvalue weighted by Gasteiger charge is 2.07. The molecule has 0 heterocycles. The van der Waals surface area contributed by atoms with Crippen molar-refractivity contribution in [2.45, 2.75) is 38.7 Å². The first-order chi connectivity index (χ1) is 8.66. The summed E-state index contributed by atoms with van der Waals surface area (Å²) < 4.78 is 0. The van der Waals surface area contributed by atoms with Crippen LogP contribution < -0.4 is 0 Å². The molecule has 0 fully saturated rings. The van der Waals surface area contributed by atoms with E-state index in [1.54, 1.807) is 12.2 Å². The molecule has 1 atom stereocenters. The summed E-state index contributed by atoms with van der Waals surface area (Å²) in [5.74, 6) is 4.72. The van der Waals surface area contributed by atoms with Gasteiger partial charge in [0, 0.05) is 0 Å². The number of unbranched alkanes of at least 4 members (excludes halogenated alkanes) is 1. The van der Waals surface area contributed by atoms with Crippen molar-refractivity contribution in [3.8, 4) is 11.8 Å². The van der Waals surface area contributed by atoms with E-state index in [4.69, 9.17) is 5.11 Å². The monoisotopic (exact) mass is 248 g/mol. The number of rotatable bonds is 7. The lowest BCUT2D eigenvalue weighted by atomic mass is 10.1. The third-order valence-corrected chi connectivity index (χ3v) is 2.08. The molecule has 0 rings (SSSR count). The minimum absolute atomic E-state index is 0.176. The number of hydrogen-bond acceptors (Lipinski definition) is 2. The molecule has 2 N–H and O–H groups in total. The Morgan fingerprint density at radius 2 is 2.00 bits per heavy atom. The molecule has 98 valence electrons. The zero-order chi connectivity index (χ0) is 13.6. The predicted molar refractivity (Wildman–Crippen MR) is 73.0 cm³/mol. The smallest absolute Gasteiger partial charge is 0.305 e. The molecule has 0 aromatic rings. The van der Waals surface area contributed by atoms with Gasteiger partial charge < -0.3 is 10.2 Å². The molecular weight excluding hydrogens is 228 g/mol. The Morgan fingerprint density at radius 3 is 2.67 bits per heavy atom. The van der Waals surface area contributed by atoms with E-state index in [1.807, 2.05) is 31.2 Å². The maximum Gasteiger partial charge on any atom is 0.305 e. The fraction of sp³-hybridized carbons (Fsp3) is 0.400. The number of aliphatic carboxylic acids is 1. The van der Waals surface area contributed by atoms with E-state index in [0.29, 0.717) is 6.42 Å². The molecule has 0 spiro atoms. The molecular formula is C15H20O3. The van der Waals surface area contributed by atoms with Crippen molar-refractivity contribution in [2.75, 3.05) is 0 Å². The summed E-state index contributed by atoms with van der Waals surface area (Å²) in [4.78, 5) is 10.3. The van der Waals surface area contributed by atoms with Gasteiger partial charge in [-0.3, -0.25) is 4.79 Å². The van der Waals surface area contributed by atoms with E-state index in [-0.39, 0.29) is 6.42 Å². The number of hydrogen-bond donors (Lipinski definition) is 2. The fourth-order valence-corrected chi connectivity index (χ4v) is 1.23. The summed E-state index contributed by atoms with van der Waals surface area (Å²) in [7, 11) is 0. The van der Waals surface area contributed by atoms with E-state index < -0.39 is 12.1 Å². The number of allylic oxidation sites excluding steroid dienone is 6. The molecule has 0 radical (unpaired) electrons. The molecule has 0 bridgehead atoms. The second-order valence-electron chi connectivity index (χ2n) is 3.76. The number of carbonyl (C=O) groups is 1. The van der Waals surface area contributed by atoms with Crippen LogP contribution in [0, 0.1) is 11.8 Å². The second-order valence-corrected chi connectivity index (χ2v) is 3.76. The summed E-state index contributed by atoms with van der Waals surface area (Å²) in [5.41, 5.74) is 0. The van der Waals surface area contributed by atoms with Gasteiger partial charge in [-0.25, -0.2) is 0 Å². The molecule has 0 aromatic heterocycles. The summed E-state index contributed by atoms with van der Waals surface area (Å²) in [6, 6.07) is 0. The lowest BCUT2D eigenvalue weighted by molar-refractivity contribution is -0.139. The Bertz CT molecular complexity index is 367. The molecule has 0 aliphatic heterocycles. The standard InChI is InChI=1S/C15H20O3/c1-2-3-4-5-6-7-8-9-10-11-12-14(16)13-15(17)18/h2-3,6-9,14,16H,10-13H2,1H3,(H,17,18). The number of aliphatic hydroxyl groups is 1. The third-order valence-electron chi connectivity index (χ3n) is 2.08. The lowest BCUT2D eigenvalue weighted by Crippen LogP contribution is -2.12. The largest absolute Gasteiger partial charge is 0.481 e. The minimum Gasteiger partial charge on any atom is -0.481 e. The van der Waals surface area contributed by atoms with Crippen LogP contribution in [0.15, 0.2) is 36.5 Å². The molecule has 3 nitrogen and oxygen atoms in total. The van der Waals surface area contributed by atoms with Crippen LogP contribution in [-0.4, -0.2) is 22.3 Å². The first kappa shape index (κ1) is 16.2. The quantitative estimate of drug-likeness (QED) is 0.414. The molecule has 0 aliphatic carbocycles. The maximum absolute atomic E-state index is 10.3. The van der Waals surface area contributed by atoms with Gasteiger partial charge in [-0.05, 0) is 38.3 Å². The van der Waals surface area contributed by atoms with Gasteiger partial charge in [0.15, 0.2) is 0 Å². The molecule has 18 heavy (non-hydrogen) atoms. The van der Waals surface area contributed by atoms with Gasteiger partial charge in [-0.2, -0.15) is 0 Å². The highest BCUT2D eigenvalue weighted by molar-refractivity contribution is 5.67. The highest BCUT2D eigenvalue weighted by atomic mass is 16.4. The van der Waals surface area contributed by atoms with Gasteiger partial charge in [0.2, 0.25) is 0 Å². The van der Waals surface area contributed by atoms with Crippen LogP contribution in [0.25, 0.3) is 0 Å². The van der Waals surface area contributed by atoms with Crippen molar-refractivity contribution in [1.82, 2.24) is 0 Å². The Kier molecular flexibility index (Phi) is 10.5. The van der Waals surface area contributed by atoms with Crippen LogP contribution in [0.3, 0.4) is 0 Å². The first-order valence-corrected chi connectivity index (χ1v) is 6.00. The van der Waals surface area contributed by atoms with Crippen LogP contribution in [0.2, 0.25) is 0 Å². The number of aliphatic hydroxyl groups excluding tert-OH is 1. The van der Waals surface area contributed by atoms with Gasteiger partial charge in [0.1, 0.15) is 0 Å². The molecule has 0 amide bonds. The van der Waals surface area contributed by atoms with Gasteiger partial charge in [-0.1, -0.05) is 36.1 Å². The van der Waals surface area contributed by atoms with E-state index in [9.17, 15) is 9.90 Å². The van der Waals surface area contributed by atoms with Crippen molar-refractivity contribution in [1.29, 1.82) is 0 Å². The Balaban J connectivity index is 3.61. The zero-order valence-corrected chi connectivity index (χ0v) is 10.7. The molecule has 0 saturated carbocycles. The topological polar surface area (TPSA) is 57.5 Å². The van der Waals surface area contributed by atoms with Gasteiger partial charge in [-0.15, -0.1) is 0 Å². The molecule has 1 unspecified atom stereocenters. The maximum atomic E-state index is 10.3. The summed E-state index contributed by atoms with van der Waals surface area (Å²) in [6.45, 7) is 1.91. The van der Waals surface area contributed by atoms with Crippen molar-refractivity contribution >= 4 is 5.97 Å². The van der Waals surface area contributed by atoms with E-state index in [2.05, 4.69) is 11.8 Å². The molecule has 3 heteroatoms. The van der Waals surface area contributed by atoms with Crippen LogP contribution in [0.1, 0.15) is 32.6 Å². The average Bonchev–Trinajstić information content (AvgIpc) is 2.30. The summed E-state index contributed by atoms with van der Waals surface area (Å²) in [6.07, 6.45) is 12.3. The second kappa shape index (κ2) is 11.7. The highest BCUT2D eigenvalue weighted by Crippen LogP contribution is 2.05. The van der Waals surface area contributed by atoms with Gasteiger partial charge >= 0.3 is 5.97 Å². The van der Waals surface area contributed by atoms with Crippen LogP contribution in [-0.2, 0) is 4.79 Å². The van der Waals surface area contributed by atoms with E-state index >= 15 is 0 Å². The van der Waals surface area contributed by atoms with E-state index in [1.165, 1.54) is 0 Å². The lowest BCUT2D eigenvalue weighted by Gasteiger charge is -2.05. The van der Waals surface area contributed by atoms with E-state index in [0.717, 1.165) is 12.8 Å². The molecule has 0 aromatic carbocycles. The number of carboxylic acid groups (broad SMARTS) is 1. The normalized spacial score (nSPS) is 13.0.